The van der Waals surface area contributed by atoms with Crippen LogP contribution in [-0.2, 0) is 4.79 Å². The van der Waals surface area contributed by atoms with E-state index in [9.17, 15) is 4.79 Å². The third kappa shape index (κ3) is 4.17. The molecule has 0 N–H and O–H groups in total. The van der Waals surface area contributed by atoms with E-state index in [0.29, 0.717) is 19.6 Å². The maximum atomic E-state index is 11.3. The lowest BCUT2D eigenvalue weighted by molar-refractivity contribution is -0.117. The van der Waals surface area contributed by atoms with Crippen LogP contribution >= 0.6 is 11.8 Å². The Morgan fingerprint density at radius 1 is 1.30 bits per heavy atom. The molecule has 0 aliphatic carbocycles. The summed E-state index contributed by atoms with van der Waals surface area (Å²) in [6.07, 6.45) is 0.570. The average molecular weight is 294 g/mol. The molecule has 1 aliphatic rings. The van der Waals surface area contributed by atoms with Gasteiger partial charge in [-0.25, -0.2) is 0 Å². The molecule has 0 bridgehead atoms. The van der Waals surface area contributed by atoms with Gasteiger partial charge in [0.1, 0.15) is 19.0 Å². The van der Waals surface area contributed by atoms with Crippen LogP contribution in [0.1, 0.15) is 32.8 Å². The largest absolute Gasteiger partial charge is 0.488 e. The molecular formula is C16H22O3S. The van der Waals surface area contributed by atoms with Gasteiger partial charge in [0.25, 0.3) is 0 Å². The van der Waals surface area contributed by atoms with Gasteiger partial charge in [0.2, 0.25) is 0 Å². The maximum Gasteiger partial charge on any atom is 0.161 e. The van der Waals surface area contributed by atoms with Crippen molar-refractivity contribution in [2.75, 3.05) is 13.2 Å². The minimum atomic E-state index is -0.0876. The van der Waals surface area contributed by atoms with Crippen LogP contribution in [0.2, 0.25) is 0 Å². The molecule has 20 heavy (non-hydrogen) atoms. The lowest BCUT2D eigenvalue weighted by atomic mass is 10.1. The van der Waals surface area contributed by atoms with Crippen LogP contribution in [0.25, 0.3) is 0 Å². The van der Waals surface area contributed by atoms with Crippen molar-refractivity contribution in [1.82, 2.24) is 0 Å². The Kier molecular flexibility index (Phi) is 4.63. The minimum absolute atomic E-state index is 0.0876. The number of rotatable bonds is 4. The van der Waals surface area contributed by atoms with Crippen LogP contribution in [0, 0.1) is 6.92 Å². The third-order valence-electron chi connectivity index (χ3n) is 3.11. The van der Waals surface area contributed by atoms with Gasteiger partial charge in [-0.1, -0.05) is 19.9 Å². The molecule has 1 aromatic rings. The van der Waals surface area contributed by atoms with Gasteiger partial charge >= 0.3 is 0 Å². The summed E-state index contributed by atoms with van der Waals surface area (Å²) in [5.74, 6) is 1.84. The number of hydrogen-bond donors (Lipinski definition) is 0. The minimum Gasteiger partial charge on any atom is -0.488 e. The molecule has 0 spiro atoms. The van der Waals surface area contributed by atoms with Crippen molar-refractivity contribution < 1.29 is 14.3 Å². The Hall–Kier alpha value is -1.16. The van der Waals surface area contributed by atoms with Crippen LogP contribution in [0.4, 0.5) is 0 Å². The van der Waals surface area contributed by atoms with Crippen molar-refractivity contribution >= 4 is 17.5 Å². The van der Waals surface area contributed by atoms with E-state index >= 15 is 0 Å². The van der Waals surface area contributed by atoms with Crippen molar-refractivity contribution in [2.24, 2.45) is 0 Å². The molecule has 1 aromatic carbocycles. The van der Waals surface area contributed by atoms with Crippen LogP contribution < -0.4 is 9.47 Å². The van der Waals surface area contributed by atoms with Crippen LogP contribution in [0.3, 0.4) is 0 Å². The zero-order valence-corrected chi connectivity index (χ0v) is 13.4. The first-order chi connectivity index (χ1) is 9.35. The molecule has 0 saturated carbocycles. The summed E-state index contributed by atoms with van der Waals surface area (Å²) in [4.78, 5) is 11.3. The van der Waals surface area contributed by atoms with Gasteiger partial charge in [0.05, 0.1) is 5.25 Å². The van der Waals surface area contributed by atoms with E-state index in [-0.39, 0.29) is 15.8 Å². The molecule has 0 radical (unpaired) electrons. The second-order valence-electron chi connectivity index (χ2n) is 5.95. The van der Waals surface area contributed by atoms with Gasteiger partial charge in [-0.05, 0) is 31.5 Å². The Morgan fingerprint density at radius 3 is 2.60 bits per heavy atom. The molecule has 3 nitrogen and oxygen atoms in total. The summed E-state index contributed by atoms with van der Waals surface area (Å²) >= 11 is 1.77. The highest BCUT2D eigenvalue weighted by Crippen LogP contribution is 2.36. The molecule has 0 aromatic heterocycles. The monoisotopic (exact) mass is 294 g/mol. The molecule has 110 valence electrons. The number of thioether (sulfide) groups is 1. The first kappa shape index (κ1) is 15.2. The quantitative estimate of drug-likeness (QED) is 0.849. The summed E-state index contributed by atoms with van der Waals surface area (Å²) in [7, 11) is 0. The maximum absolute atomic E-state index is 11.3. The first-order valence-electron chi connectivity index (χ1n) is 6.89. The Bertz CT molecular complexity index is 496. The predicted octanol–water partition coefficient (Wildman–Crippen LogP) is 3.63. The summed E-state index contributed by atoms with van der Waals surface area (Å²) in [5, 5.41) is 0.233. The molecule has 1 unspecified atom stereocenters. The summed E-state index contributed by atoms with van der Waals surface area (Å²) in [6.45, 7) is 9.10. The number of carbonyl (C=O) groups is 1. The number of ketones is 1. The van der Waals surface area contributed by atoms with Crippen molar-refractivity contribution in [3.8, 4) is 11.5 Å². The lowest BCUT2D eigenvalue weighted by Gasteiger charge is -2.27. The van der Waals surface area contributed by atoms with Gasteiger partial charge in [-0.3, -0.25) is 4.79 Å². The molecule has 0 saturated heterocycles. The van der Waals surface area contributed by atoms with Gasteiger partial charge in [0.15, 0.2) is 11.5 Å². The zero-order valence-electron chi connectivity index (χ0n) is 12.6. The normalized spacial score (nSPS) is 18.5. The Labute approximate surface area is 125 Å². The molecule has 1 atom stereocenters. The Balaban J connectivity index is 2.00. The van der Waals surface area contributed by atoms with Gasteiger partial charge in [0, 0.05) is 11.2 Å². The van der Waals surface area contributed by atoms with Crippen LogP contribution in [0.15, 0.2) is 18.2 Å². The summed E-state index contributed by atoms with van der Waals surface area (Å²) in [6, 6.07) is 5.98. The van der Waals surface area contributed by atoms with E-state index in [1.54, 1.807) is 18.7 Å². The van der Waals surface area contributed by atoms with Crippen molar-refractivity contribution in [1.29, 1.82) is 0 Å². The molecule has 1 aliphatic heterocycles. The molecule has 1 heterocycles. The number of benzene rings is 1. The zero-order chi connectivity index (χ0) is 14.8. The second-order valence-corrected chi connectivity index (χ2v) is 7.96. The smallest absolute Gasteiger partial charge is 0.161 e. The first-order valence-corrected chi connectivity index (χ1v) is 7.77. The number of Topliss-reactive ketones (excluding diaryl/α,β-unsaturated/α-hetero) is 1. The molecule has 0 amide bonds. The highest BCUT2D eigenvalue weighted by atomic mass is 32.2. The topological polar surface area (TPSA) is 35.5 Å². The highest BCUT2D eigenvalue weighted by Gasteiger charge is 2.28. The van der Waals surface area contributed by atoms with Gasteiger partial charge in [-0.15, -0.1) is 11.8 Å². The summed E-state index contributed by atoms with van der Waals surface area (Å²) in [5.41, 5.74) is 1.16. The van der Waals surface area contributed by atoms with E-state index in [1.807, 2.05) is 25.1 Å². The van der Waals surface area contributed by atoms with E-state index < -0.39 is 0 Å². The van der Waals surface area contributed by atoms with Crippen molar-refractivity contribution in [3.63, 3.8) is 0 Å². The lowest BCUT2D eigenvalue weighted by Crippen LogP contribution is -2.28. The van der Waals surface area contributed by atoms with E-state index in [2.05, 4.69) is 13.8 Å². The number of aryl methyl sites for hydroxylation is 1. The fraction of sp³-hybridized carbons (Fsp3) is 0.562. The molecular weight excluding hydrogens is 272 g/mol. The fourth-order valence-corrected chi connectivity index (χ4v) is 3.88. The SMILES string of the molecule is CC(=O)CC(C)(C)SC1COc2ccc(C)cc2OC1. The Morgan fingerprint density at radius 2 is 1.95 bits per heavy atom. The van der Waals surface area contributed by atoms with Gasteiger partial charge < -0.3 is 9.47 Å². The molecule has 2 rings (SSSR count). The molecule has 4 heteroatoms. The van der Waals surface area contributed by atoms with Crippen LogP contribution in [-0.4, -0.2) is 29.0 Å². The second kappa shape index (κ2) is 6.08. The standard InChI is InChI=1S/C16H22O3S/c1-11-5-6-14-15(7-11)19-10-13(9-18-14)20-16(3,4)8-12(2)17/h5-7,13H,8-10H2,1-4H3. The number of hydrogen-bond acceptors (Lipinski definition) is 4. The molecule has 0 fully saturated rings. The van der Waals surface area contributed by atoms with E-state index in [0.717, 1.165) is 17.1 Å². The summed E-state index contributed by atoms with van der Waals surface area (Å²) < 4.78 is 11.6. The predicted molar refractivity (Wildman–Crippen MR) is 82.9 cm³/mol. The van der Waals surface area contributed by atoms with E-state index in [1.165, 1.54) is 0 Å². The van der Waals surface area contributed by atoms with Gasteiger partial charge in [-0.2, -0.15) is 0 Å². The highest BCUT2D eigenvalue weighted by molar-refractivity contribution is 8.01. The third-order valence-corrected chi connectivity index (χ3v) is 4.50. The van der Waals surface area contributed by atoms with E-state index in [4.69, 9.17) is 9.47 Å². The van der Waals surface area contributed by atoms with Crippen molar-refractivity contribution in [2.45, 2.75) is 44.1 Å². The average Bonchev–Trinajstić information content (AvgIpc) is 2.49. The number of carbonyl (C=O) groups excluding carboxylic acids is 1. The fourth-order valence-electron chi connectivity index (χ4n) is 2.42. The van der Waals surface area contributed by atoms with Crippen molar-refractivity contribution in [3.05, 3.63) is 23.8 Å². The number of ether oxygens (including phenoxy) is 2. The number of fused-ring (bicyclic) bond motifs is 1. The van der Waals surface area contributed by atoms with Crippen LogP contribution in [0.5, 0.6) is 11.5 Å².